The second kappa shape index (κ2) is 9.26. The fraction of sp³-hybridized carbons (Fsp3) is 0.667. The van der Waals surface area contributed by atoms with Crippen LogP contribution in [0.5, 0.6) is 0 Å². The first-order chi connectivity index (χ1) is 13.1. The lowest BCUT2D eigenvalue weighted by Gasteiger charge is -2.34. The van der Waals surface area contributed by atoms with E-state index in [-0.39, 0.29) is 30.4 Å². The van der Waals surface area contributed by atoms with Crippen molar-refractivity contribution in [2.45, 2.75) is 73.0 Å². The summed E-state index contributed by atoms with van der Waals surface area (Å²) >= 11 is 0. The molecule has 2 rings (SSSR count). The van der Waals surface area contributed by atoms with Crippen LogP contribution in [0.15, 0.2) is 0 Å². The van der Waals surface area contributed by atoms with E-state index in [4.69, 9.17) is 9.47 Å². The Hall–Kier alpha value is -2.31. The van der Waals surface area contributed by atoms with Crippen LogP contribution in [-0.2, 0) is 14.3 Å². The van der Waals surface area contributed by atoms with E-state index < -0.39 is 11.9 Å². The summed E-state index contributed by atoms with van der Waals surface area (Å²) in [6.07, 6.45) is 2.95. The van der Waals surface area contributed by atoms with E-state index in [2.05, 4.69) is 24.1 Å². The van der Waals surface area contributed by atoms with Gasteiger partial charge >= 0.3 is 11.9 Å². The van der Waals surface area contributed by atoms with E-state index in [1.807, 2.05) is 0 Å². The highest BCUT2D eigenvalue weighted by molar-refractivity contribution is 5.99. The molecule has 1 aliphatic carbocycles. The summed E-state index contributed by atoms with van der Waals surface area (Å²) in [6.45, 7) is 10.9. The molecule has 2 N–H and O–H groups in total. The number of hydrogen-bond donors (Lipinski definition) is 2. The molecule has 0 saturated heterocycles. The third-order valence-electron chi connectivity index (χ3n) is 5.58. The lowest BCUT2D eigenvalue weighted by molar-refractivity contribution is -0.125. The lowest BCUT2D eigenvalue weighted by atomic mass is 9.78. The van der Waals surface area contributed by atoms with Gasteiger partial charge in [-0.25, -0.2) is 9.59 Å². The van der Waals surface area contributed by atoms with Crippen LogP contribution in [0, 0.1) is 25.7 Å². The second-order valence-electron chi connectivity index (χ2n) is 8.10. The molecule has 28 heavy (non-hydrogen) atoms. The number of esters is 2. The van der Waals surface area contributed by atoms with Crippen molar-refractivity contribution >= 4 is 17.8 Å². The molecular formula is C21H32N2O5. The SMILES string of the molecule is Cc1[nH]c(C(=O)OCC(=O)N[C@H]2CCC[C@@H](C)[C@@H]2C)c(C)c1C(=O)OC(C)C. The predicted molar refractivity (Wildman–Crippen MR) is 105 cm³/mol. The summed E-state index contributed by atoms with van der Waals surface area (Å²) in [4.78, 5) is 39.7. The molecule has 1 fully saturated rings. The smallest absolute Gasteiger partial charge is 0.355 e. The van der Waals surface area contributed by atoms with E-state index in [0.29, 0.717) is 28.7 Å². The van der Waals surface area contributed by atoms with Crippen molar-refractivity contribution in [3.05, 3.63) is 22.5 Å². The number of rotatable bonds is 6. The Morgan fingerprint density at radius 3 is 2.46 bits per heavy atom. The summed E-state index contributed by atoms with van der Waals surface area (Å²) in [5.41, 5.74) is 1.49. The third kappa shape index (κ3) is 5.14. The minimum atomic E-state index is -0.663. The quantitative estimate of drug-likeness (QED) is 0.724. The molecular weight excluding hydrogens is 360 g/mol. The first-order valence-electron chi connectivity index (χ1n) is 9.98. The molecule has 0 unspecified atom stereocenters. The number of aromatic nitrogens is 1. The Labute approximate surface area is 166 Å². The molecule has 1 amide bonds. The van der Waals surface area contributed by atoms with Gasteiger partial charge in [0.15, 0.2) is 6.61 Å². The fourth-order valence-corrected chi connectivity index (χ4v) is 3.77. The Balaban J connectivity index is 1.96. The molecule has 3 atom stereocenters. The summed E-state index contributed by atoms with van der Waals surface area (Å²) in [5.74, 6) is -0.492. The fourth-order valence-electron chi connectivity index (χ4n) is 3.77. The highest BCUT2D eigenvalue weighted by Crippen LogP contribution is 2.29. The van der Waals surface area contributed by atoms with E-state index >= 15 is 0 Å². The van der Waals surface area contributed by atoms with Crippen LogP contribution in [0.3, 0.4) is 0 Å². The average Bonchev–Trinajstić information content (AvgIpc) is 2.91. The highest BCUT2D eigenvalue weighted by atomic mass is 16.5. The summed E-state index contributed by atoms with van der Waals surface area (Å²) in [6, 6.07) is 0.113. The summed E-state index contributed by atoms with van der Waals surface area (Å²) in [7, 11) is 0. The number of aryl methyl sites for hydroxylation is 1. The maximum absolute atomic E-state index is 12.4. The number of nitrogens with one attached hydrogen (secondary N) is 2. The molecule has 1 aliphatic rings. The third-order valence-corrected chi connectivity index (χ3v) is 5.58. The topological polar surface area (TPSA) is 97.5 Å². The van der Waals surface area contributed by atoms with E-state index in [0.717, 1.165) is 12.8 Å². The van der Waals surface area contributed by atoms with E-state index in [1.165, 1.54) is 6.42 Å². The van der Waals surface area contributed by atoms with Gasteiger partial charge < -0.3 is 19.8 Å². The van der Waals surface area contributed by atoms with Crippen molar-refractivity contribution in [1.29, 1.82) is 0 Å². The van der Waals surface area contributed by atoms with Crippen LogP contribution in [0.25, 0.3) is 0 Å². The van der Waals surface area contributed by atoms with Gasteiger partial charge in [-0.1, -0.05) is 26.7 Å². The predicted octanol–water partition coefficient (Wildman–Crippen LogP) is 3.29. The summed E-state index contributed by atoms with van der Waals surface area (Å²) < 4.78 is 10.4. The molecule has 1 saturated carbocycles. The maximum atomic E-state index is 12.4. The normalized spacial score (nSPS) is 22.0. The van der Waals surface area contributed by atoms with Gasteiger partial charge in [0.1, 0.15) is 5.69 Å². The molecule has 0 bridgehead atoms. The van der Waals surface area contributed by atoms with Gasteiger partial charge in [-0.3, -0.25) is 4.79 Å². The van der Waals surface area contributed by atoms with Crippen molar-refractivity contribution in [3.63, 3.8) is 0 Å². The monoisotopic (exact) mass is 392 g/mol. The van der Waals surface area contributed by atoms with E-state index in [9.17, 15) is 14.4 Å². The minimum absolute atomic E-state index is 0.113. The van der Waals surface area contributed by atoms with Gasteiger partial charge in [0.05, 0.1) is 11.7 Å². The van der Waals surface area contributed by atoms with Crippen LogP contribution < -0.4 is 5.32 Å². The molecule has 7 heteroatoms. The number of carbonyl (C=O) groups is 3. The molecule has 0 spiro atoms. The van der Waals surface area contributed by atoms with Crippen molar-refractivity contribution in [3.8, 4) is 0 Å². The molecule has 1 aromatic rings. The minimum Gasteiger partial charge on any atom is -0.459 e. The second-order valence-corrected chi connectivity index (χ2v) is 8.10. The zero-order valence-corrected chi connectivity index (χ0v) is 17.7. The lowest BCUT2D eigenvalue weighted by Crippen LogP contribution is -2.45. The zero-order valence-electron chi connectivity index (χ0n) is 17.7. The van der Waals surface area contributed by atoms with Crippen molar-refractivity contribution < 1.29 is 23.9 Å². The first-order valence-corrected chi connectivity index (χ1v) is 9.98. The molecule has 7 nitrogen and oxygen atoms in total. The zero-order chi connectivity index (χ0) is 21.0. The molecule has 156 valence electrons. The standard InChI is InChI=1S/C21H32N2O5/c1-11(2)28-20(25)18-14(5)19(22-15(18)6)21(26)27-10-17(24)23-16-9-7-8-12(3)13(16)4/h11-13,16,22H,7-10H2,1-6H3,(H,23,24)/t12-,13+,16+/m1/s1. The first kappa shape index (κ1) is 22.0. The van der Waals surface area contributed by atoms with Crippen LogP contribution >= 0.6 is 0 Å². The molecule has 1 aromatic heterocycles. The van der Waals surface area contributed by atoms with Crippen molar-refractivity contribution in [1.82, 2.24) is 10.3 Å². The molecule has 0 aliphatic heterocycles. The number of ether oxygens (including phenoxy) is 2. The number of hydrogen-bond acceptors (Lipinski definition) is 5. The number of carbonyl (C=O) groups excluding carboxylic acids is 3. The Morgan fingerprint density at radius 1 is 1.14 bits per heavy atom. The van der Waals surface area contributed by atoms with Crippen molar-refractivity contribution in [2.24, 2.45) is 11.8 Å². The highest BCUT2D eigenvalue weighted by Gasteiger charge is 2.29. The Morgan fingerprint density at radius 2 is 1.82 bits per heavy atom. The number of amides is 1. The summed E-state index contributed by atoms with van der Waals surface area (Å²) in [5, 5.41) is 2.98. The van der Waals surface area contributed by atoms with Crippen LogP contribution in [-0.4, -0.2) is 41.6 Å². The van der Waals surface area contributed by atoms with Gasteiger partial charge in [-0.2, -0.15) is 0 Å². The van der Waals surface area contributed by atoms with Gasteiger partial charge in [0.25, 0.3) is 5.91 Å². The molecule has 0 radical (unpaired) electrons. The van der Waals surface area contributed by atoms with Crippen LogP contribution in [0.1, 0.15) is 79.1 Å². The number of aromatic amines is 1. The van der Waals surface area contributed by atoms with Gasteiger partial charge in [-0.05, 0) is 51.5 Å². The van der Waals surface area contributed by atoms with Crippen molar-refractivity contribution in [2.75, 3.05) is 6.61 Å². The van der Waals surface area contributed by atoms with E-state index in [1.54, 1.807) is 27.7 Å². The number of H-pyrrole nitrogens is 1. The average molecular weight is 392 g/mol. The molecule has 1 heterocycles. The van der Waals surface area contributed by atoms with Gasteiger partial charge in [0, 0.05) is 11.7 Å². The Kier molecular flexibility index (Phi) is 7.27. The maximum Gasteiger partial charge on any atom is 0.355 e. The largest absolute Gasteiger partial charge is 0.459 e. The van der Waals surface area contributed by atoms with Gasteiger partial charge in [0.2, 0.25) is 0 Å². The van der Waals surface area contributed by atoms with Gasteiger partial charge in [-0.15, -0.1) is 0 Å². The Bertz CT molecular complexity index is 737. The van der Waals surface area contributed by atoms with Crippen LogP contribution in [0.2, 0.25) is 0 Å². The molecule has 0 aromatic carbocycles. The van der Waals surface area contributed by atoms with Crippen LogP contribution in [0.4, 0.5) is 0 Å².